The summed E-state index contributed by atoms with van der Waals surface area (Å²) in [5.41, 5.74) is 3.54. The summed E-state index contributed by atoms with van der Waals surface area (Å²) < 4.78 is 12.5. The topological polar surface area (TPSA) is 101 Å². The normalized spacial score (nSPS) is 14.7. The molecule has 0 radical (unpaired) electrons. The Labute approximate surface area is 238 Å². The van der Waals surface area contributed by atoms with E-state index in [9.17, 15) is 4.79 Å². The van der Waals surface area contributed by atoms with Gasteiger partial charge in [-0.15, -0.1) is 5.10 Å². The standard InChI is InChI=1S/C31H33N7O3/c1-40-25-12-9-24(10-13-25)36-16-18-37(19-17-36)29(27-20-23-8-11-26(41-2)21-28(23)32-31(27)39)30-33-34-35-38(30)15-14-22-6-4-3-5-7-22/h3-13,20-21,29H,14-19H2,1-2H3,(H,32,39)/t29-/m1/s1. The molecule has 1 aliphatic rings. The van der Waals surface area contributed by atoms with Crippen molar-refractivity contribution in [1.82, 2.24) is 30.1 Å². The van der Waals surface area contributed by atoms with Crippen molar-refractivity contribution in [3.63, 3.8) is 0 Å². The summed E-state index contributed by atoms with van der Waals surface area (Å²) in [6.07, 6.45) is 0.782. The number of aromatic nitrogens is 5. The largest absolute Gasteiger partial charge is 0.497 e. The summed E-state index contributed by atoms with van der Waals surface area (Å²) >= 11 is 0. The minimum atomic E-state index is -0.408. The molecule has 1 fully saturated rings. The van der Waals surface area contributed by atoms with Crippen LogP contribution in [0.25, 0.3) is 10.9 Å². The van der Waals surface area contributed by atoms with Crippen LogP contribution in [-0.2, 0) is 13.0 Å². The third-order valence-corrected chi connectivity index (χ3v) is 7.75. The molecule has 0 bridgehead atoms. The molecular weight excluding hydrogens is 518 g/mol. The zero-order valence-corrected chi connectivity index (χ0v) is 23.2. The number of nitrogens with one attached hydrogen (secondary N) is 1. The van der Waals surface area contributed by atoms with Crippen molar-refractivity contribution in [3.8, 4) is 11.5 Å². The summed E-state index contributed by atoms with van der Waals surface area (Å²) in [5, 5.41) is 13.8. The van der Waals surface area contributed by atoms with E-state index in [1.807, 2.05) is 59.3 Å². The molecule has 3 aromatic carbocycles. The van der Waals surface area contributed by atoms with Gasteiger partial charge in [0.15, 0.2) is 5.82 Å². The number of anilines is 1. The van der Waals surface area contributed by atoms with Crippen LogP contribution in [0, 0.1) is 0 Å². The van der Waals surface area contributed by atoms with Crippen molar-refractivity contribution in [2.75, 3.05) is 45.3 Å². The smallest absolute Gasteiger partial charge is 0.253 e. The number of H-pyrrole nitrogens is 1. The van der Waals surface area contributed by atoms with Crippen LogP contribution < -0.4 is 19.9 Å². The number of aromatic amines is 1. The van der Waals surface area contributed by atoms with Gasteiger partial charge in [-0.2, -0.15) is 0 Å². The number of nitrogens with zero attached hydrogens (tertiary/aromatic N) is 6. The van der Waals surface area contributed by atoms with Crippen molar-refractivity contribution in [2.45, 2.75) is 19.0 Å². The summed E-state index contributed by atoms with van der Waals surface area (Å²) in [7, 11) is 3.29. The lowest BCUT2D eigenvalue weighted by Crippen LogP contribution is -2.49. The minimum absolute atomic E-state index is 0.161. The number of piperazine rings is 1. The Morgan fingerprint density at radius 2 is 1.61 bits per heavy atom. The van der Waals surface area contributed by atoms with Crippen LogP contribution in [-0.4, -0.2) is 70.5 Å². The lowest BCUT2D eigenvalue weighted by atomic mass is 10.0. The maximum atomic E-state index is 13.6. The fraction of sp³-hybridized carbons (Fsp3) is 0.290. The Hall–Kier alpha value is -4.70. The second-order valence-electron chi connectivity index (χ2n) is 10.1. The number of benzene rings is 3. The van der Waals surface area contributed by atoms with Crippen molar-refractivity contribution >= 4 is 16.6 Å². The van der Waals surface area contributed by atoms with Crippen LogP contribution in [0.3, 0.4) is 0 Å². The first kappa shape index (κ1) is 26.5. The van der Waals surface area contributed by atoms with E-state index in [2.05, 4.69) is 54.6 Å². The first-order chi connectivity index (χ1) is 20.1. The Morgan fingerprint density at radius 1 is 0.878 bits per heavy atom. The summed E-state index contributed by atoms with van der Waals surface area (Å²) in [5.74, 6) is 2.19. The minimum Gasteiger partial charge on any atom is -0.497 e. The number of rotatable bonds is 9. The lowest BCUT2D eigenvalue weighted by Gasteiger charge is -2.39. The van der Waals surface area contributed by atoms with Gasteiger partial charge in [-0.1, -0.05) is 30.3 Å². The third-order valence-electron chi connectivity index (χ3n) is 7.75. The van der Waals surface area contributed by atoms with Gasteiger partial charge in [-0.25, -0.2) is 4.68 Å². The Bertz CT molecular complexity index is 1660. The predicted octanol–water partition coefficient (Wildman–Crippen LogP) is 3.69. The molecule has 0 aliphatic carbocycles. The molecule has 1 aliphatic heterocycles. The molecule has 0 amide bonds. The second kappa shape index (κ2) is 11.8. The Kier molecular flexibility index (Phi) is 7.64. The van der Waals surface area contributed by atoms with Gasteiger partial charge in [0.25, 0.3) is 5.56 Å². The number of tetrazole rings is 1. The molecule has 1 saturated heterocycles. The van der Waals surface area contributed by atoms with Crippen LogP contribution in [0.4, 0.5) is 5.69 Å². The van der Waals surface area contributed by atoms with Crippen LogP contribution in [0.5, 0.6) is 11.5 Å². The average Bonchev–Trinajstić information content (AvgIpc) is 3.49. The number of hydrogen-bond acceptors (Lipinski definition) is 8. The van der Waals surface area contributed by atoms with Gasteiger partial charge >= 0.3 is 0 Å². The fourth-order valence-corrected chi connectivity index (χ4v) is 5.50. The zero-order chi connectivity index (χ0) is 28.2. The molecule has 5 aromatic rings. The number of methoxy groups -OCH3 is 2. The predicted molar refractivity (Wildman–Crippen MR) is 158 cm³/mol. The maximum Gasteiger partial charge on any atom is 0.253 e. The number of hydrogen-bond donors (Lipinski definition) is 1. The average molecular weight is 552 g/mol. The van der Waals surface area contributed by atoms with Gasteiger partial charge in [0, 0.05) is 50.0 Å². The van der Waals surface area contributed by atoms with Gasteiger partial charge in [-0.05, 0) is 70.3 Å². The highest BCUT2D eigenvalue weighted by molar-refractivity contribution is 5.80. The van der Waals surface area contributed by atoms with Gasteiger partial charge in [0.05, 0.1) is 19.7 Å². The number of fused-ring (bicyclic) bond motifs is 1. The van der Waals surface area contributed by atoms with E-state index in [1.165, 1.54) is 5.56 Å². The van der Waals surface area contributed by atoms with Crippen molar-refractivity contribution in [3.05, 3.63) is 106 Å². The highest BCUT2D eigenvalue weighted by atomic mass is 16.5. The summed E-state index contributed by atoms with van der Waals surface area (Å²) in [6, 6.07) is 25.7. The molecule has 0 unspecified atom stereocenters. The summed E-state index contributed by atoms with van der Waals surface area (Å²) in [4.78, 5) is 21.4. The molecular formula is C31H33N7O3. The molecule has 1 atom stereocenters. The monoisotopic (exact) mass is 551 g/mol. The summed E-state index contributed by atoms with van der Waals surface area (Å²) in [6.45, 7) is 3.69. The Balaban J connectivity index is 1.33. The maximum absolute atomic E-state index is 13.6. The van der Waals surface area contributed by atoms with Crippen molar-refractivity contribution in [1.29, 1.82) is 0 Å². The van der Waals surface area contributed by atoms with E-state index >= 15 is 0 Å². The van der Waals surface area contributed by atoms with Gasteiger partial charge in [0.2, 0.25) is 0 Å². The molecule has 0 spiro atoms. The van der Waals surface area contributed by atoms with Crippen LogP contribution in [0.1, 0.15) is 23.0 Å². The zero-order valence-electron chi connectivity index (χ0n) is 23.2. The first-order valence-corrected chi connectivity index (χ1v) is 13.8. The van der Waals surface area contributed by atoms with Gasteiger partial charge in [-0.3, -0.25) is 9.69 Å². The molecule has 210 valence electrons. The SMILES string of the molecule is COc1ccc(N2CCN([C@H](c3cc4ccc(OC)cc4[nH]c3=O)c3nnnn3CCc3ccccc3)CC2)cc1. The fourth-order valence-electron chi connectivity index (χ4n) is 5.50. The van der Waals surface area contributed by atoms with Crippen LogP contribution >= 0.6 is 0 Å². The van der Waals surface area contributed by atoms with Crippen LogP contribution in [0.2, 0.25) is 0 Å². The van der Waals surface area contributed by atoms with Crippen molar-refractivity contribution < 1.29 is 9.47 Å². The lowest BCUT2D eigenvalue weighted by molar-refractivity contribution is 0.199. The van der Waals surface area contributed by atoms with Crippen LogP contribution in [0.15, 0.2) is 83.7 Å². The van der Waals surface area contributed by atoms with Crippen molar-refractivity contribution in [2.24, 2.45) is 0 Å². The van der Waals surface area contributed by atoms with Gasteiger partial charge in [0.1, 0.15) is 17.5 Å². The highest BCUT2D eigenvalue weighted by Gasteiger charge is 2.32. The second-order valence-corrected chi connectivity index (χ2v) is 10.1. The van der Waals surface area contributed by atoms with E-state index in [0.29, 0.717) is 23.7 Å². The molecule has 3 heterocycles. The van der Waals surface area contributed by atoms with E-state index in [0.717, 1.165) is 54.9 Å². The molecule has 10 nitrogen and oxygen atoms in total. The number of aryl methyl sites for hydroxylation is 2. The quantitative estimate of drug-likeness (QED) is 0.296. The molecule has 0 saturated carbocycles. The molecule has 41 heavy (non-hydrogen) atoms. The van der Waals surface area contributed by atoms with E-state index in [4.69, 9.17) is 9.47 Å². The first-order valence-electron chi connectivity index (χ1n) is 13.8. The van der Waals surface area contributed by atoms with Gasteiger partial charge < -0.3 is 19.4 Å². The molecule has 1 N–H and O–H groups in total. The molecule has 2 aromatic heterocycles. The highest BCUT2D eigenvalue weighted by Crippen LogP contribution is 2.30. The Morgan fingerprint density at radius 3 is 2.34 bits per heavy atom. The third kappa shape index (κ3) is 5.64. The molecule has 6 rings (SSSR count). The van der Waals surface area contributed by atoms with E-state index in [1.54, 1.807) is 14.2 Å². The number of ether oxygens (including phenoxy) is 2. The number of pyridine rings is 1. The van der Waals surface area contributed by atoms with E-state index in [-0.39, 0.29) is 5.56 Å². The molecule has 10 heteroatoms. The van der Waals surface area contributed by atoms with E-state index < -0.39 is 6.04 Å².